The summed E-state index contributed by atoms with van der Waals surface area (Å²) in [6.45, 7) is 4.25. The summed E-state index contributed by atoms with van der Waals surface area (Å²) in [5.41, 5.74) is -0.453. The molecule has 1 aliphatic carbocycles. The van der Waals surface area contributed by atoms with E-state index in [4.69, 9.17) is 5.11 Å². The van der Waals surface area contributed by atoms with Crippen LogP contribution in [0.25, 0.3) is 0 Å². The molecule has 5 heteroatoms. The first kappa shape index (κ1) is 12.4. The van der Waals surface area contributed by atoms with Gasteiger partial charge in [-0.05, 0) is 18.3 Å². The fourth-order valence-corrected chi connectivity index (χ4v) is 3.05. The number of rotatable bonds is 3. The third kappa shape index (κ3) is 1.82. The Labute approximate surface area is 100 Å². The molecule has 0 aromatic heterocycles. The standard InChI is InChI=1S/C12H19NO4/c1-12(2)8(9(12)11(16)17)10(15)13-5-3-4-7(13)6-14/h7-9,14H,3-6H2,1-2H3,(H,16,17). The second kappa shape index (κ2) is 3.98. The topological polar surface area (TPSA) is 77.8 Å². The van der Waals surface area contributed by atoms with E-state index in [0.717, 1.165) is 12.8 Å². The molecule has 17 heavy (non-hydrogen) atoms. The van der Waals surface area contributed by atoms with Gasteiger partial charge in [-0.25, -0.2) is 0 Å². The van der Waals surface area contributed by atoms with E-state index in [2.05, 4.69) is 0 Å². The summed E-state index contributed by atoms with van der Waals surface area (Å²) in [5, 5.41) is 18.2. The maximum Gasteiger partial charge on any atom is 0.307 e. The van der Waals surface area contributed by atoms with E-state index in [0.29, 0.717) is 6.54 Å². The monoisotopic (exact) mass is 241 g/mol. The number of nitrogens with zero attached hydrogens (tertiary/aromatic N) is 1. The van der Waals surface area contributed by atoms with Gasteiger partial charge in [0.1, 0.15) is 0 Å². The minimum atomic E-state index is -0.895. The maximum atomic E-state index is 12.3. The number of aliphatic hydroxyl groups excluding tert-OH is 1. The van der Waals surface area contributed by atoms with Crippen LogP contribution in [0.1, 0.15) is 26.7 Å². The van der Waals surface area contributed by atoms with Crippen LogP contribution < -0.4 is 0 Å². The summed E-state index contributed by atoms with van der Waals surface area (Å²) in [6, 6.07) is -0.117. The molecule has 1 heterocycles. The number of likely N-dealkylation sites (tertiary alicyclic amines) is 1. The Balaban J connectivity index is 2.09. The van der Waals surface area contributed by atoms with E-state index in [1.165, 1.54) is 0 Å². The van der Waals surface area contributed by atoms with Crippen molar-refractivity contribution in [1.82, 2.24) is 4.90 Å². The fourth-order valence-electron chi connectivity index (χ4n) is 3.05. The van der Waals surface area contributed by atoms with E-state index in [-0.39, 0.29) is 18.6 Å². The van der Waals surface area contributed by atoms with Crippen molar-refractivity contribution in [3.8, 4) is 0 Å². The molecule has 2 fully saturated rings. The van der Waals surface area contributed by atoms with E-state index in [1.54, 1.807) is 4.90 Å². The highest BCUT2D eigenvalue weighted by atomic mass is 16.4. The second-order valence-corrected chi connectivity index (χ2v) is 5.63. The van der Waals surface area contributed by atoms with E-state index >= 15 is 0 Å². The quantitative estimate of drug-likeness (QED) is 0.746. The van der Waals surface area contributed by atoms with Crippen molar-refractivity contribution >= 4 is 11.9 Å². The van der Waals surface area contributed by atoms with Gasteiger partial charge in [-0.1, -0.05) is 13.8 Å². The lowest BCUT2D eigenvalue weighted by molar-refractivity contribution is -0.142. The summed E-state index contributed by atoms with van der Waals surface area (Å²) < 4.78 is 0. The molecule has 1 aliphatic heterocycles. The van der Waals surface area contributed by atoms with Gasteiger partial charge in [0.05, 0.1) is 24.5 Å². The first-order chi connectivity index (χ1) is 7.91. The van der Waals surface area contributed by atoms with Gasteiger partial charge >= 0.3 is 5.97 Å². The molecule has 3 unspecified atom stereocenters. The van der Waals surface area contributed by atoms with Gasteiger partial charge < -0.3 is 15.1 Å². The van der Waals surface area contributed by atoms with Crippen molar-refractivity contribution < 1.29 is 19.8 Å². The molecule has 0 bridgehead atoms. The van der Waals surface area contributed by atoms with E-state index in [1.807, 2.05) is 13.8 Å². The Morgan fingerprint density at radius 2 is 2.00 bits per heavy atom. The lowest BCUT2D eigenvalue weighted by Crippen LogP contribution is -2.39. The van der Waals surface area contributed by atoms with Crippen LogP contribution in [0, 0.1) is 17.3 Å². The molecule has 0 aromatic rings. The van der Waals surface area contributed by atoms with Crippen molar-refractivity contribution in [3.63, 3.8) is 0 Å². The predicted octanol–water partition coefficient (Wildman–Crippen LogP) is 0.326. The van der Waals surface area contributed by atoms with Crippen LogP contribution in [0.4, 0.5) is 0 Å². The minimum Gasteiger partial charge on any atom is -0.481 e. The van der Waals surface area contributed by atoms with E-state index < -0.39 is 23.2 Å². The molecule has 1 saturated carbocycles. The first-order valence-electron chi connectivity index (χ1n) is 6.05. The van der Waals surface area contributed by atoms with Gasteiger partial charge in [-0.15, -0.1) is 0 Å². The third-order valence-corrected chi connectivity index (χ3v) is 4.23. The van der Waals surface area contributed by atoms with Gasteiger partial charge in [-0.3, -0.25) is 9.59 Å². The molecule has 0 radical (unpaired) electrons. The van der Waals surface area contributed by atoms with Gasteiger partial charge in [0.2, 0.25) is 5.91 Å². The zero-order valence-corrected chi connectivity index (χ0v) is 10.2. The number of aliphatic hydroxyl groups is 1. The molecule has 1 amide bonds. The summed E-state index contributed by atoms with van der Waals surface area (Å²) >= 11 is 0. The molecule has 0 spiro atoms. The number of carboxylic acids is 1. The maximum absolute atomic E-state index is 12.3. The number of aliphatic carboxylic acids is 1. The van der Waals surface area contributed by atoms with Crippen LogP contribution in [0.3, 0.4) is 0 Å². The molecule has 2 aliphatic rings. The van der Waals surface area contributed by atoms with Crippen molar-refractivity contribution in [2.75, 3.05) is 13.2 Å². The number of hydrogen-bond donors (Lipinski definition) is 2. The normalized spacial score (nSPS) is 34.8. The summed E-state index contributed by atoms with van der Waals surface area (Å²) in [4.78, 5) is 25.0. The largest absolute Gasteiger partial charge is 0.481 e. The van der Waals surface area contributed by atoms with Gasteiger partial charge in [0.15, 0.2) is 0 Å². The number of carbonyl (C=O) groups excluding carboxylic acids is 1. The molecule has 1 saturated heterocycles. The van der Waals surface area contributed by atoms with Crippen LogP contribution in [0.5, 0.6) is 0 Å². The smallest absolute Gasteiger partial charge is 0.307 e. The third-order valence-electron chi connectivity index (χ3n) is 4.23. The fraction of sp³-hybridized carbons (Fsp3) is 0.833. The number of carboxylic acid groups (broad SMARTS) is 1. The molecule has 96 valence electrons. The molecule has 5 nitrogen and oxygen atoms in total. The van der Waals surface area contributed by atoms with Crippen LogP contribution >= 0.6 is 0 Å². The SMILES string of the molecule is CC1(C)C(C(=O)O)C1C(=O)N1CCCC1CO. The Kier molecular flexibility index (Phi) is 2.89. The Hall–Kier alpha value is -1.10. The van der Waals surface area contributed by atoms with Crippen molar-refractivity contribution in [1.29, 1.82) is 0 Å². The van der Waals surface area contributed by atoms with Crippen LogP contribution in [0.15, 0.2) is 0 Å². The van der Waals surface area contributed by atoms with Crippen LogP contribution in [0.2, 0.25) is 0 Å². The van der Waals surface area contributed by atoms with Crippen molar-refractivity contribution in [2.45, 2.75) is 32.7 Å². The highest BCUT2D eigenvalue weighted by Gasteiger charge is 2.67. The Bertz CT molecular complexity index is 352. The second-order valence-electron chi connectivity index (χ2n) is 5.63. The summed E-state index contributed by atoms with van der Waals surface area (Å²) in [7, 11) is 0. The highest BCUT2D eigenvalue weighted by Crippen LogP contribution is 2.59. The molecule has 2 N–H and O–H groups in total. The summed E-state index contributed by atoms with van der Waals surface area (Å²) in [6.07, 6.45) is 1.70. The first-order valence-corrected chi connectivity index (χ1v) is 6.05. The Morgan fingerprint density at radius 3 is 2.47 bits per heavy atom. The number of amides is 1. The van der Waals surface area contributed by atoms with Crippen LogP contribution in [-0.4, -0.2) is 46.2 Å². The lowest BCUT2D eigenvalue weighted by atomic mass is 10.1. The predicted molar refractivity (Wildman–Crippen MR) is 60.2 cm³/mol. The molecular formula is C12H19NO4. The van der Waals surface area contributed by atoms with Gasteiger partial charge in [-0.2, -0.15) is 0 Å². The zero-order valence-electron chi connectivity index (χ0n) is 10.2. The average molecular weight is 241 g/mol. The van der Waals surface area contributed by atoms with E-state index in [9.17, 15) is 14.7 Å². The molecule has 2 rings (SSSR count). The van der Waals surface area contributed by atoms with Gasteiger partial charge in [0.25, 0.3) is 0 Å². The molecule has 3 atom stereocenters. The zero-order chi connectivity index (χ0) is 12.8. The minimum absolute atomic E-state index is 0.0311. The van der Waals surface area contributed by atoms with Crippen molar-refractivity contribution in [2.24, 2.45) is 17.3 Å². The molecular weight excluding hydrogens is 222 g/mol. The summed E-state index contributed by atoms with van der Waals surface area (Å²) in [5.74, 6) is -1.99. The highest BCUT2D eigenvalue weighted by molar-refractivity contribution is 5.92. The Morgan fingerprint density at radius 1 is 1.35 bits per heavy atom. The lowest BCUT2D eigenvalue weighted by Gasteiger charge is -2.23. The van der Waals surface area contributed by atoms with Crippen LogP contribution in [-0.2, 0) is 9.59 Å². The molecule has 0 aromatic carbocycles. The van der Waals surface area contributed by atoms with Gasteiger partial charge in [0, 0.05) is 6.54 Å². The average Bonchev–Trinajstić information content (AvgIpc) is 2.63. The van der Waals surface area contributed by atoms with Crippen molar-refractivity contribution in [3.05, 3.63) is 0 Å². The number of carbonyl (C=O) groups is 2. The number of hydrogen-bond acceptors (Lipinski definition) is 3.